The minimum Gasteiger partial charge on any atom is -0.454 e. The van der Waals surface area contributed by atoms with Gasteiger partial charge in [-0.15, -0.1) is 0 Å². The second-order valence-corrected chi connectivity index (χ2v) is 10.6. The third kappa shape index (κ3) is 4.21. The van der Waals surface area contributed by atoms with Gasteiger partial charge in [0, 0.05) is 21.9 Å². The summed E-state index contributed by atoms with van der Waals surface area (Å²) in [5.41, 5.74) is 8.87. The minimum absolute atomic E-state index is 0.273. The van der Waals surface area contributed by atoms with Gasteiger partial charge in [0.25, 0.3) is 11.8 Å². The molecule has 2 N–H and O–H groups in total. The van der Waals surface area contributed by atoms with Crippen molar-refractivity contribution in [2.75, 3.05) is 13.2 Å². The molecular weight excluding hydrogens is 566 g/mol. The number of nitrogens with one attached hydrogen (secondary N) is 2. The number of likely N-dealkylation sites (tertiary alicyclic amines) is 1. The molecule has 39 heavy (non-hydrogen) atoms. The fourth-order valence-electron chi connectivity index (χ4n) is 6.05. The number of hydrogen-bond acceptors (Lipinski definition) is 6. The molecule has 196 valence electrons. The van der Waals surface area contributed by atoms with Crippen molar-refractivity contribution in [2.45, 2.75) is 11.8 Å². The number of amides is 4. The quantitative estimate of drug-likeness (QED) is 0.269. The van der Waals surface area contributed by atoms with Gasteiger partial charge in [-0.2, -0.15) is 0 Å². The fraction of sp³-hybridized carbons (Fsp3) is 0.207. The standard InChI is InChI=1S/C29H22BrN3O6/c30-16-11-9-15(10-12-16)27(36)32-31-21(34)14-39-22(35)13-33-28(37)25-23-17-5-1-2-6-18(17)24(26(25)29(33)38)20-8-4-3-7-19(20)23/h1-12,23-26H,13-14H2,(H,31,34)(H,32,36)/t23?,24?,25-,26+. The van der Waals surface area contributed by atoms with Gasteiger partial charge in [0.05, 0.1) is 11.8 Å². The Bertz CT molecular complexity index is 1420. The topological polar surface area (TPSA) is 122 Å². The Hall–Kier alpha value is -4.31. The lowest BCUT2D eigenvalue weighted by Gasteiger charge is -2.45. The third-order valence-electron chi connectivity index (χ3n) is 7.61. The van der Waals surface area contributed by atoms with Crippen LogP contribution >= 0.6 is 15.9 Å². The lowest BCUT2D eigenvalue weighted by molar-refractivity contribution is -0.155. The van der Waals surface area contributed by atoms with Crippen molar-refractivity contribution in [3.63, 3.8) is 0 Å². The number of halogens is 1. The van der Waals surface area contributed by atoms with Gasteiger partial charge in [-0.1, -0.05) is 64.5 Å². The van der Waals surface area contributed by atoms with Crippen LogP contribution in [0.1, 0.15) is 44.4 Å². The first-order valence-corrected chi connectivity index (χ1v) is 13.2. The van der Waals surface area contributed by atoms with Gasteiger partial charge in [-0.05, 0) is 46.5 Å². The van der Waals surface area contributed by atoms with Crippen LogP contribution in [0.15, 0.2) is 77.3 Å². The molecule has 3 aromatic carbocycles. The van der Waals surface area contributed by atoms with Crippen molar-refractivity contribution in [2.24, 2.45) is 11.8 Å². The van der Waals surface area contributed by atoms with Gasteiger partial charge in [-0.25, -0.2) is 0 Å². The SMILES string of the molecule is O=C(COC(=O)CN1C(=O)[C@@H]2C3c4ccccc4C(c4ccccc43)[C@@H]2C1=O)NNC(=O)c1ccc(Br)cc1. The summed E-state index contributed by atoms with van der Waals surface area (Å²) < 4.78 is 5.81. The summed E-state index contributed by atoms with van der Waals surface area (Å²) in [5, 5.41) is 0. The highest BCUT2D eigenvalue weighted by Crippen LogP contribution is 2.60. The Kier molecular flexibility index (Phi) is 6.26. The van der Waals surface area contributed by atoms with Gasteiger partial charge in [0.15, 0.2) is 6.61 Å². The highest BCUT2D eigenvalue weighted by Gasteiger charge is 2.61. The van der Waals surface area contributed by atoms with E-state index in [0.29, 0.717) is 5.56 Å². The first kappa shape index (κ1) is 25.0. The Morgan fingerprint density at radius 3 is 1.72 bits per heavy atom. The molecule has 2 bridgehead atoms. The van der Waals surface area contributed by atoms with E-state index < -0.39 is 54.6 Å². The van der Waals surface area contributed by atoms with Crippen molar-refractivity contribution in [1.82, 2.24) is 15.8 Å². The number of hydrazine groups is 1. The predicted molar refractivity (Wildman–Crippen MR) is 141 cm³/mol. The van der Waals surface area contributed by atoms with Crippen LogP contribution in [0.25, 0.3) is 0 Å². The number of esters is 1. The van der Waals surface area contributed by atoms with Crippen LogP contribution in [-0.4, -0.2) is 47.6 Å². The van der Waals surface area contributed by atoms with E-state index in [1.165, 1.54) is 0 Å². The number of carbonyl (C=O) groups excluding carboxylic acids is 5. The molecule has 1 fully saturated rings. The maximum atomic E-state index is 13.5. The molecule has 10 heteroatoms. The van der Waals surface area contributed by atoms with E-state index in [-0.39, 0.29) is 11.8 Å². The molecule has 1 heterocycles. The van der Waals surface area contributed by atoms with Gasteiger partial charge < -0.3 is 4.74 Å². The molecule has 0 radical (unpaired) electrons. The molecule has 9 nitrogen and oxygen atoms in total. The molecule has 4 amide bonds. The van der Waals surface area contributed by atoms with Gasteiger partial charge in [-0.3, -0.25) is 39.7 Å². The van der Waals surface area contributed by atoms with E-state index in [1.807, 2.05) is 48.5 Å². The largest absolute Gasteiger partial charge is 0.454 e. The van der Waals surface area contributed by atoms with Gasteiger partial charge in [0.2, 0.25) is 11.8 Å². The normalized spacial score (nSPS) is 22.0. The minimum atomic E-state index is -0.896. The zero-order valence-corrected chi connectivity index (χ0v) is 22.0. The molecule has 4 aliphatic rings. The van der Waals surface area contributed by atoms with Crippen molar-refractivity contribution in [1.29, 1.82) is 0 Å². The van der Waals surface area contributed by atoms with E-state index in [4.69, 9.17) is 4.74 Å². The first-order chi connectivity index (χ1) is 18.8. The van der Waals surface area contributed by atoms with E-state index in [1.54, 1.807) is 24.3 Å². The number of carbonyl (C=O) groups is 5. The zero-order valence-electron chi connectivity index (χ0n) is 20.4. The van der Waals surface area contributed by atoms with Crippen LogP contribution in [-0.2, 0) is 23.9 Å². The van der Waals surface area contributed by atoms with E-state index in [2.05, 4.69) is 26.8 Å². The highest BCUT2D eigenvalue weighted by atomic mass is 79.9. The third-order valence-corrected chi connectivity index (χ3v) is 8.14. The lowest BCUT2D eigenvalue weighted by Crippen LogP contribution is -2.44. The number of ether oxygens (including phenoxy) is 1. The zero-order chi connectivity index (χ0) is 27.3. The van der Waals surface area contributed by atoms with Gasteiger partial charge in [0.1, 0.15) is 6.54 Å². The smallest absolute Gasteiger partial charge is 0.326 e. The summed E-state index contributed by atoms with van der Waals surface area (Å²) >= 11 is 3.27. The molecule has 2 atom stereocenters. The number of hydrogen-bond donors (Lipinski definition) is 2. The molecule has 1 aliphatic heterocycles. The monoisotopic (exact) mass is 587 g/mol. The van der Waals surface area contributed by atoms with Crippen LogP contribution in [0.5, 0.6) is 0 Å². The highest BCUT2D eigenvalue weighted by molar-refractivity contribution is 9.10. The average molecular weight is 588 g/mol. The van der Waals surface area contributed by atoms with E-state index >= 15 is 0 Å². The first-order valence-electron chi connectivity index (χ1n) is 12.4. The summed E-state index contributed by atoms with van der Waals surface area (Å²) in [6.07, 6.45) is 0. The maximum absolute atomic E-state index is 13.5. The van der Waals surface area contributed by atoms with Crippen molar-refractivity contribution < 1.29 is 28.7 Å². The summed E-state index contributed by atoms with van der Waals surface area (Å²) in [4.78, 5) is 64.8. The van der Waals surface area contributed by atoms with Crippen LogP contribution in [0, 0.1) is 11.8 Å². The maximum Gasteiger partial charge on any atom is 0.326 e. The summed E-state index contributed by atoms with van der Waals surface area (Å²) in [5.74, 6) is -4.78. The average Bonchev–Trinajstić information content (AvgIpc) is 3.20. The molecule has 7 rings (SSSR count). The van der Waals surface area contributed by atoms with Crippen LogP contribution in [0.2, 0.25) is 0 Å². The predicted octanol–water partition coefficient (Wildman–Crippen LogP) is 2.65. The number of imide groups is 1. The summed E-state index contributed by atoms with van der Waals surface area (Å²) in [6.45, 7) is -1.28. The van der Waals surface area contributed by atoms with Crippen molar-refractivity contribution in [3.8, 4) is 0 Å². The summed E-state index contributed by atoms with van der Waals surface area (Å²) in [7, 11) is 0. The van der Waals surface area contributed by atoms with E-state index in [0.717, 1.165) is 31.6 Å². The number of rotatable bonds is 5. The Labute approximate surface area is 231 Å². The Morgan fingerprint density at radius 1 is 0.744 bits per heavy atom. The second-order valence-electron chi connectivity index (χ2n) is 9.70. The molecule has 0 unspecified atom stereocenters. The Morgan fingerprint density at radius 2 is 1.23 bits per heavy atom. The fourth-order valence-corrected chi connectivity index (χ4v) is 6.32. The Balaban J connectivity index is 1.10. The molecule has 3 aromatic rings. The molecule has 0 aromatic heterocycles. The van der Waals surface area contributed by atoms with Gasteiger partial charge >= 0.3 is 5.97 Å². The van der Waals surface area contributed by atoms with Crippen molar-refractivity contribution in [3.05, 3.63) is 105 Å². The molecular formula is C29H22BrN3O6. The van der Waals surface area contributed by atoms with Crippen LogP contribution in [0.3, 0.4) is 0 Å². The summed E-state index contributed by atoms with van der Waals surface area (Å²) in [6, 6.07) is 22.2. The van der Waals surface area contributed by atoms with Crippen LogP contribution < -0.4 is 10.9 Å². The molecule has 3 aliphatic carbocycles. The van der Waals surface area contributed by atoms with E-state index in [9.17, 15) is 24.0 Å². The molecule has 1 saturated heterocycles. The van der Waals surface area contributed by atoms with Crippen LogP contribution in [0.4, 0.5) is 0 Å². The lowest BCUT2D eigenvalue weighted by atomic mass is 9.55. The number of nitrogens with zero attached hydrogens (tertiary/aromatic N) is 1. The second kappa shape index (κ2) is 9.77. The van der Waals surface area contributed by atoms with Crippen molar-refractivity contribution >= 4 is 45.5 Å². The number of benzene rings is 3. The molecule has 0 spiro atoms. The molecule has 0 saturated carbocycles.